The molecule has 2 N–H and O–H groups in total. The van der Waals surface area contributed by atoms with Crippen molar-refractivity contribution < 1.29 is 33.1 Å². The smallest absolute Gasteiger partial charge is 0.410 e. The van der Waals surface area contributed by atoms with Crippen LogP contribution in [-0.4, -0.2) is 123 Å². The molecule has 3 aliphatic heterocycles. The summed E-state index contributed by atoms with van der Waals surface area (Å²) in [4.78, 5) is 53.2. The Morgan fingerprint density at radius 1 is 1.09 bits per heavy atom. The number of alkyl halides is 1. The average molecular weight is 796 g/mol. The molecule has 0 spiro atoms. The van der Waals surface area contributed by atoms with E-state index >= 15 is 4.39 Å². The number of β-amino-alcohol motifs (C(OH)–C–C–N with tert-alkyl or cyclic N) is 1. The third kappa shape index (κ3) is 9.54. The molecule has 13 nitrogen and oxygen atoms in total. The van der Waals surface area contributed by atoms with E-state index in [1.165, 1.54) is 4.90 Å². The number of aliphatic hydroxyl groups excluding tert-OH is 1. The zero-order valence-corrected chi connectivity index (χ0v) is 34.8. The van der Waals surface area contributed by atoms with Crippen molar-refractivity contribution in [2.45, 2.75) is 116 Å². The highest BCUT2D eigenvalue weighted by atomic mass is 32.1. The molecule has 0 unspecified atom stereocenters. The molecule has 306 valence electrons. The van der Waals surface area contributed by atoms with E-state index in [9.17, 15) is 19.5 Å². The molecular formula is C41H58FN7O6S. The van der Waals surface area contributed by atoms with Gasteiger partial charge >= 0.3 is 6.09 Å². The second-order valence-electron chi connectivity index (χ2n) is 17.2. The summed E-state index contributed by atoms with van der Waals surface area (Å²) in [5.41, 5.74) is 2.80. The van der Waals surface area contributed by atoms with E-state index in [0.29, 0.717) is 44.3 Å². The predicted molar refractivity (Wildman–Crippen MR) is 213 cm³/mol. The van der Waals surface area contributed by atoms with Crippen LogP contribution < -0.4 is 10.2 Å². The van der Waals surface area contributed by atoms with Crippen LogP contribution in [0.4, 0.5) is 15.0 Å². The Bertz CT molecular complexity index is 1840. The summed E-state index contributed by atoms with van der Waals surface area (Å²) in [6, 6.07) is 8.69. The number of carbonyl (C=O) groups excluding carboxylic acids is 3. The molecule has 15 heteroatoms. The fourth-order valence-electron chi connectivity index (χ4n) is 8.07. The third-order valence-corrected chi connectivity index (χ3v) is 12.3. The van der Waals surface area contributed by atoms with Crippen molar-refractivity contribution in [3.8, 4) is 10.4 Å². The van der Waals surface area contributed by atoms with E-state index in [2.05, 4.69) is 32.2 Å². The number of hydrogen-bond donors (Lipinski definition) is 2. The zero-order chi connectivity index (χ0) is 40.5. The van der Waals surface area contributed by atoms with Crippen LogP contribution in [-0.2, 0) is 14.3 Å². The number of piperidine rings is 1. The van der Waals surface area contributed by atoms with Gasteiger partial charge in [0.2, 0.25) is 11.8 Å². The van der Waals surface area contributed by atoms with Crippen LogP contribution in [0.2, 0.25) is 0 Å². The second kappa shape index (κ2) is 16.8. The van der Waals surface area contributed by atoms with Gasteiger partial charge in [-0.2, -0.15) is 0 Å². The Hall–Kier alpha value is -4.08. The first-order valence-electron chi connectivity index (χ1n) is 19.8. The molecule has 6 rings (SSSR count). The summed E-state index contributed by atoms with van der Waals surface area (Å²) >= 11 is 1.59. The quantitative estimate of drug-likeness (QED) is 0.253. The van der Waals surface area contributed by atoms with E-state index in [-0.39, 0.29) is 62.2 Å². The number of nitrogens with zero attached hydrogens (tertiary/aromatic N) is 6. The van der Waals surface area contributed by atoms with Crippen molar-refractivity contribution in [2.75, 3.05) is 50.7 Å². The number of aryl methyl sites for hydroxylation is 1. The first kappa shape index (κ1) is 41.6. The van der Waals surface area contributed by atoms with Gasteiger partial charge in [-0.05, 0) is 58.6 Å². The van der Waals surface area contributed by atoms with Gasteiger partial charge in [-0.25, -0.2) is 14.2 Å². The second-order valence-corrected chi connectivity index (χ2v) is 18.1. The van der Waals surface area contributed by atoms with Crippen LogP contribution in [0.25, 0.3) is 10.4 Å². The number of aromatic nitrogens is 2. The predicted octanol–water partition coefficient (Wildman–Crippen LogP) is 5.94. The van der Waals surface area contributed by atoms with Crippen molar-refractivity contribution >= 4 is 35.1 Å². The first-order chi connectivity index (χ1) is 26.4. The van der Waals surface area contributed by atoms with Gasteiger partial charge in [0, 0.05) is 77.2 Å². The summed E-state index contributed by atoms with van der Waals surface area (Å²) in [6.07, 6.45) is -0.569. The van der Waals surface area contributed by atoms with E-state index < -0.39 is 35.4 Å². The van der Waals surface area contributed by atoms with E-state index in [1.54, 1.807) is 22.3 Å². The Morgan fingerprint density at radius 3 is 2.39 bits per heavy atom. The molecular weight excluding hydrogens is 738 g/mol. The molecule has 3 aliphatic rings. The Kier molecular flexibility index (Phi) is 12.5. The molecule has 0 bridgehead atoms. The van der Waals surface area contributed by atoms with Gasteiger partial charge in [0.05, 0.1) is 28.2 Å². The van der Waals surface area contributed by atoms with Crippen LogP contribution >= 0.6 is 11.3 Å². The van der Waals surface area contributed by atoms with E-state index in [1.807, 2.05) is 78.2 Å². The van der Waals surface area contributed by atoms with Gasteiger partial charge in [0.1, 0.15) is 23.2 Å². The van der Waals surface area contributed by atoms with Crippen LogP contribution in [0.1, 0.15) is 96.7 Å². The highest BCUT2D eigenvalue weighted by Crippen LogP contribution is 2.35. The maximum Gasteiger partial charge on any atom is 0.410 e. The molecule has 2 aromatic heterocycles. The molecule has 56 heavy (non-hydrogen) atoms. The van der Waals surface area contributed by atoms with Crippen molar-refractivity contribution in [1.29, 1.82) is 0 Å². The number of halogens is 1. The molecule has 3 amide bonds. The fraction of sp³-hybridized carbons (Fsp3) is 0.634. The topological polar surface area (TPSA) is 145 Å². The first-order valence-corrected chi connectivity index (χ1v) is 20.7. The maximum atomic E-state index is 16.1. The SMILES string of the molecule is Cc1ncsc1-c1ccc([C@H](C)NC(=O)[C@@H]2C[C@@H](O)CN2C(=O)[C@H](c2cc(N3CCN(CC4(F)CCN(C(=O)OC(C)(C)C)CC4)[C@@H](C)C3)no2)C(C)C)cc1. The number of ether oxygens (including phenoxy) is 1. The zero-order valence-electron chi connectivity index (χ0n) is 34.0. The van der Waals surface area contributed by atoms with Crippen molar-refractivity contribution in [3.05, 3.63) is 52.9 Å². The number of rotatable bonds is 10. The minimum Gasteiger partial charge on any atom is -0.444 e. The van der Waals surface area contributed by atoms with Gasteiger partial charge in [-0.3, -0.25) is 14.5 Å². The number of aliphatic hydroxyl groups is 1. The van der Waals surface area contributed by atoms with Gasteiger partial charge in [-0.1, -0.05) is 43.3 Å². The number of amides is 3. The lowest BCUT2D eigenvalue weighted by atomic mass is 9.91. The molecule has 3 fully saturated rings. The number of nitrogens with one attached hydrogen (secondary N) is 1. The van der Waals surface area contributed by atoms with Crippen LogP contribution in [0.5, 0.6) is 0 Å². The molecule has 0 radical (unpaired) electrons. The summed E-state index contributed by atoms with van der Waals surface area (Å²) in [5, 5.41) is 18.1. The van der Waals surface area contributed by atoms with E-state index in [4.69, 9.17) is 9.26 Å². The Morgan fingerprint density at radius 2 is 1.79 bits per heavy atom. The summed E-state index contributed by atoms with van der Waals surface area (Å²) in [6.45, 7) is 18.1. The lowest BCUT2D eigenvalue weighted by molar-refractivity contribution is -0.141. The number of piperazine rings is 1. The largest absolute Gasteiger partial charge is 0.444 e. The summed E-state index contributed by atoms with van der Waals surface area (Å²) in [7, 11) is 0. The fourth-order valence-corrected chi connectivity index (χ4v) is 8.88. The summed E-state index contributed by atoms with van der Waals surface area (Å²) in [5.74, 6) is -0.496. The number of anilines is 1. The lowest BCUT2D eigenvalue weighted by Crippen LogP contribution is -2.57. The third-order valence-electron chi connectivity index (χ3n) is 11.3. The molecule has 5 heterocycles. The molecule has 0 aliphatic carbocycles. The van der Waals surface area contributed by atoms with Gasteiger partial charge in [0.15, 0.2) is 11.6 Å². The van der Waals surface area contributed by atoms with Crippen LogP contribution in [0, 0.1) is 12.8 Å². The monoisotopic (exact) mass is 795 g/mol. The molecule has 3 aromatic rings. The number of hydrogen-bond acceptors (Lipinski definition) is 11. The van der Waals surface area contributed by atoms with Gasteiger partial charge in [-0.15, -0.1) is 11.3 Å². The molecule has 5 atom stereocenters. The normalized spacial score (nSPS) is 23.0. The summed E-state index contributed by atoms with van der Waals surface area (Å²) < 4.78 is 27.4. The number of likely N-dealkylation sites (tertiary alicyclic amines) is 2. The van der Waals surface area contributed by atoms with Crippen LogP contribution in [0.3, 0.4) is 0 Å². The highest BCUT2D eigenvalue weighted by molar-refractivity contribution is 7.13. The number of benzene rings is 1. The standard InChI is InChI=1S/C41H58FN7O6S/c1-25(2)35(38(52)49-22-31(50)19-32(49)37(51)44-27(4)29-9-11-30(12-10-29)36-28(5)43-24-56-36)33-20-34(45-55-33)47-17-18-48(26(3)21-47)23-41(42)13-15-46(16-14-41)39(53)54-40(6,7)8/h9-12,20,24-27,31-32,35,50H,13-19,21-23H2,1-8H3,(H,44,51)/t26-,27-,31+,32-,35-/m0/s1. The van der Waals surface area contributed by atoms with Crippen molar-refractivity contribution in [1.82, 2.24) is 30.2 Å². The Balaban J connectivity index is 1.05. The Labute approximate surface area is 333 Å². The maximum absolute atomic E-state index is 16.1. The van der Waals surface area contributed by atoms with Crippen LogP contribution in [0.15, 0.2) is 40.4 Å². The lowest BCUT2D eigenvalue weighted by Gasteiger charge is -2.44. The number of thiazole rings is 1. The van der Waals surface area contributed by atoms with Crippen molar-refractivity contribution in [2.24, 2.45) is 5.92 Å². The van der Waals surface area contributed by atoms with Gasteiger partial charge < -0.3 is 34.4 Å². The highest BCUT2D eigenvalue weighted by Gasteiger charge is 2.44. The van der Waals surface area contributed by atoms with Crippen molar-refractivity contribution in [3.63, 3.8) is 0 Å². The van der Waals surface area contributed by atoms with Gasteiger partial charge in [0.25, 0.3) is 0 Å². The number of carbonyl (C=O) groups is 3. The molecule has 3 saturated heterocycles. The molecule has 0 saturated carbocycles. The van der Waals surface area contributed by atoms with E-state index in [0.717, 1.165) is 21.7 Å². The minimum atomic E-state index is -1.40. The molecule has 1 aromatic carbocycles. The average Bonchev–Trinajstić information content (AvgIpc) is 3.89. The minimum absolute atomic E-state index is 0.0242.